The number of methoxy groups -OCH3 is 1. The van der Waals surface area contributed by atoms with Gasteiger partial charge in [-0.3, -0.25) is 14.2 Å². The molecule has 1 saturated heterocycles. The number of aromatic nitrogens is 2. The first kappa shape index (κ1) is 24.8. The molecule has 0 atom stereocenters. The molecule has 4 rings (SSSR count). The Labute approximate surface area is 210 Å². The number of imidazole rings is 1. The predicted molar refractivity (Wildman–Crippen MR) is 139 cm³/mol. The average Bonchev–Trinajstić information content (AvgIpc) is 3.31. The third-order valence-electron chi connectivity index (χ3n) is 5.93. The standard InChI is InChI=1S/C26H31N5O3S/c1-18-13-19(2)15-21(14-18)31-8-7-27-26(31)35-17-24(32)28-22-16-20(5-6-23(22)34-4)25(33)30-11-9-29(3)10-12-30/h5-8,13-16H,9-12,17H2,1-4H3,(H,28,32). The van der Waals surface area contributed by atoms with Crippen molar-refractivity contribution in [3.8, 4) is 11.4 Å². The number of carbonyl (C=O) groups excluding carboxylic acids is 2. The highest BCUT2D eigenvalue weighted by Crippen LogP contribution is 2.28. The third-order valence-corrected chi connectivity index (χ3v) is 6.90. The minimum absolute atomic E-state index is 0.0406. The molecule has 0 spiro atoms. The maximum absolute atomic E-state index is 13.0. The summed E-state index contributed by atoms with van der Waals surface area (Å²) < 4.78 is 7.40. The number of nitrogens with one attached hydrogen (secondary N) is 1. The minimum Gasteiger partial charge on any atom is -0.495 e. The molecule has 2 amide bonds. The number of ether oxygens (including phenoxy) is 1. The summed E-state index contributed by atoms with van der Waals surface area (Å²) in [6, 6.07) is 11.5. The van der Waals surface area contributed by atoms with Gasteiger partial charge in [-0.2, -0.15) is 0 Å². The molecule has 0 saturated carbocycles. The molecular formula is C26H31N5O3S. The van der Waals surface area contributed by atoms with E-state index in [1.165, 1.54) is 22.9 Å². The summed E-state index contributed by atoms with van der Waals surface area (Å²) in [6.07, 6.45) is 3.62. The fourth-order valence-electron chi connectivity index (χ4n) is 4.13. The second-order valence-electron chi connectivity index (χ2n) is 8.77. The lowest BCUT2D eigenvalue weighted by molar-refractivity contribution is -0.113. The van der Waals surface area contributed by atoms with Crippen molar-refractivity contribution >= 4 is 29.3 Å². The molecule has 9 heteroatoms. The van der Waals surface area contributed by atoms with Crippen LogP contribution < -0.4 is 10.1 Å². The van der Waals surface area contributed by atoms with E-state index in [4.69, 9.17) is 4.74 Å². The van der Waals surface area contributed by atoms with Gasteiger partial charge in [-0.15, -0.1) is 0 Å². The molecule has 1 aromatic heterocycles. The Morgan fingerprint density at radius 1 is 1.06 bits per heavy atom. The lowest BCUT2D eigenvalue weighted by Gasteiger charge is -2.32. The highest BCUT2D eigenvalue weighted by atomic mass is 32.2. The van der Waals surface area contributed by atoms with E-state index in [0.29, 0.717) is 30.1 Å². The Bertz CT molecular complexity index is 1200. The van der Waals surface area contributed by atoms with Crippen molar-refractivity contribution in [1.82, 2.24) is 19.4 Å². The highest BCUT2D eigenvalue weighted by molar-refractivity contribution is 7.99. The number of carbonyl (C=O) groups is 2. The number of aryl methyl sites for hydroxylation is 2. The van der Waals surface area contributed by atoms with Crippen LogP contribution in [-0.2, 0) is 4.79 Å². The summed E-state index contributed by atoms with van der Waals surface area (Å²) >= 11 is 1.35. The summed E-state index contributed by atoms with van der Waals surface area (Å²) in [6.45, 7) is 7.19. The molecule has 0 radical (unpaired) electrons. The number of thioether (sulfide) groups is 1. The zero-order valence-corrected chi connectivity index (χ0v) is 21.4. The minimum atomic E-state index is -0.201. The molecule has 0 unspecified atom stereocenters. The molecule has 35 heavy (non-hydrogen) atoms. The van der Waals surface area contributed by atoms with Crippen LogP contribution in [-0.4, -0.2) is 77.3 Å². The zero-order chi connectivity index (χ0) is 24.9. The van der Waals surface area contributed by atoms with Crippen molar-refractivity contribution in [2.45, 2.75) is 19.0 Å². The van der Waals surface area contributed by atoms with Crippen molar-refractivity contribution < 1.29 is 14.3 Å². The Morgan fingerprint density at radius 2 is 1.77 bits per heavy atom. The molecule has 2 aromatic carbocycles. The Morgan fingerprint density at radius 3 is 2.46 bits per heavy atom. The number of nitrogens with zero attached hydrogens (tertiary/aromatic N) is 4. The van der Waals surface area contributed by atoms with E-state index >= 15 is 0 Å². The maximum Gasteiger partial charge on any atom is 0.254 e. The Balaban J connectivity index is 1.43. The van der Waals surface area contributed by atoms with Gasteiger partial charge >= 0.3 is 0 Å². The first-order chi connectivity index (χ1) is 16.8. The van der Waals surface area contributed by atoms with E-state index in [0.717, 1.165) is 23.9 Å². The lowest BCUT2D eigenvalue weighted by Crippen LogP contribution is -2.47. The normalized spacial score (nSPS) is 14.1. The van der Waals surface area contributed by atoms with Crippen LogP contribution in [0.4, 0.5) is 5.69 Å². The summed E-state index contributed by atoms with van der Waals surface area (Å²) in [5, 5.41) is 3.64. The number of hydrogen-bond donors (Lipinski definition) is 1. The monoisotopic (exact) mass is 493 g/mol. The van der Waals surface area contributed by atoms with Crippen molar-refractivity contribution in [2.75, 3.05) is 51.4 Å². The molecule has 0 aliphatic carbocycles. The van der Waals surface area contributed by atoms with E-state index in [2.05, 4.69) is 54.3 Å². The van der Waals surface area contributed by atoms with Crippen LogP contribution in [0.2, 0.25) is 0 Å². The molecule has 1 aliphatic heterocycles. The molecule has 2 heterocycles. The molecule has 1 N–H and O–H groups in total. The molecular weight excluding hydrogens is 462 g/mol. The van der Waals surface area contributed by atoms with E-state index in [1.807, 2.05) is 15.7 Å². The van der Waals surface area contributed by atoms with Crippen LogP contribution in [0.1, 0.15) is 21.5 Å². The van der Waals surface area contributed by atoms with E-state index in [9.17, 15) is 9.59 Å². The van der Waals surface area contributed by atoms with Crippen LogP contribution in [0.15, 0.2) is 53.9 Å². The number of hydrogen-bond acceptors (Lipinski definition) is 6. The van der Waals surface area contributed by atoms with Crippen molar-refractivity contribution in [1.29, 1.82) is 0 Å². The summed E-state index contributed by atoms with van der Waals surface area (Å²) in [5.74, 6) is 0.435. The third kappa shape index (κ3) is 6.04. The molecule has 0 bridgehead atoms. The first-order valence-corrected chi connectivity index (χ1v) is 12.5. The van der Waals surface area contributed by atoms with Gasteiger partial charge in [-0.1, -0.05) is 17.8 Å². The van der Waals surface area contributed by atoms with Gasteiger partial charge in [0.05, 0.1) is 18.6 Å². The number of anilines is 1. The van der Waals surface area contributed by atoms with Crippen molar-refractivity contribution in [3.05, 3.63) is 65.5 Å². The van der Waals surface area contributed by atoms with Crippen molar-refractivity contribution in [3.63, 3.8) is 0 Å². The molecule has 8 nitrogen and oxygen atoms in total. The summed E-state index contributed by atoms with van der Waals surface area (Å²) in [5.41, 5.74) is 4.36. The molecule has 1 aliphatic rings. The number of amides is 2. The zero-order valence-electron chi connectivity index (χ0n) is 20.6. The number of benzene rings is 2. The highest BCUT2D eigenvalue weighted by Gasteiger charge is 2.22. The Hall–Kier alpha value is -3.30. The lowest BCUT2D eigenvalue weighted by atomic mass is 10.1. The van der Waals surface area contributed by atoms with E-state index < -0.39 is 0 Å². The Kier molecular flexibility index (Phi) is 7.77. The summed E-state index contributed by atoms with van der Waals surface area (Å²) in [4.78, 5) is 34.3. The SMILES string of the molecule is COc1ccc(C(=O)N2CCN(C)CC2)cc1NC(=O)CSc1nccn1-c1cc(C)cc(C)c1. The van der Waals surface area contributed by atoms with Crippen LogP contribution >= 0.6 is 11.8 Å². The molecule has 1 fully saturated rings. The fraction of sp³-hybridized carbons (Fsp3) is 0.346. The van der Waals surface area contributed by atoms with Gasteiger partial charge < -0.3 is 19.9 Å². The number of rotatable bonds is 7. The first-order valence-electron chi connectivity index (χ1n) is 11.5. The van der Waals surface area contributed by atoms with Gasteiger partial charge in [0.25, 0.3) is 5.91 Å². The topological polar surface area (TPSA) is 79.7 Å². The number of likely N-dealkylation sites (N-methyl/N-ethyl adjacent to an activating group) is 1. The summed E-state index contributed by atoms with van der Waals surface area (Å²) in [7, 11) is 3.59. The predicted octanol–water partition coefficient (Wildman–Crippen LogP) is 3.62. The van der Waals surface area contributed by atoms with Crippen LogP contribution in [0.5, 0.6) is 5.75 Å². The second-order valence-corrected chi connectivity index (χ2v) is 9.72. The van der Waals surface area contributed by atoms with E-state index in [1.54, 1.807) is 31.5 Å². The second kappa shape index (κ2) is 11.0. The average molecular weight is 494 g/mol. The van der Waals surface area contributed by atoms with Gasteiger partial charge in [0.15, 0.2) is 5.16 Å². The van der Waals surface area contributed by atoms with Gasteiger partial charge in [0.2, 0.25) is 5.91 Å². The number of piperazine rings is 1. The van der Waals surface area contributed by atoms with Crippen LogP contribution in [0, 0.1) is 13.8 Å². The van der Waals surface area contributed by atoms with Gasteiger partial charge in [-0.05, 0) is 62.4 Å². The van der Waals surface area contributed by atoms with Gasteiger partial charge in [0.1, 0.15) is 5.75 Å². The fourth-order valence-corrected chi connectivity index (χ4v) is 4.90. The van der Waals surface area contributed by atoms with E-state index in [-0.39, 0.29) is 17.6 Å². The van der Waals surface area contributed by atoms with Gasteiger partial charge in [-0.25, -0.2) is 4.98 Å². The van der Waals surface area contributed by atoms with Crippen LogP contribution in [0.25, 0.3) is 5.69 Å². The smallest absolute Gasteiger partial charge is 0.254 e. The van der Waals surface area contributed by atoms with Crippen LogP contribution in [0.3, 0.4) is 0 Å². The van der Waals surface area contributed by atoms with Gasteiger partial charge in [0, 0.05) is 49.8 Å². The molecule has 3 aromatic rings. The van der Waals surface area contributed by atoms with Crippen molar-refractivity contribution in [2.24, 2.45) is 0 Å². The maximum atomic E-state index is 13.0. The quantitative estimate of drug-likeness (QED) is 0.507. The largest absolute Gasteiger partial charge is 0.495 e. The molecule has 184 valence electrons.